The minimum Gasteiger partial charge on any atom is -0.303 e. The van der Waals surface area contributed by atoms with Crippen molar-refractivity contribution in [1.82, 2.24) is 9.88 Å². The molecule has 2 saturated carbocycles. The summed E-state index contributed by atoms with van der Waals surface area (Å²) in [7, 11) is 2.29. The van der Waals surface area contributed by atoms with E-state index in [-0.39, 0.29) is 0 Å². The zero-order valence-electron chi connectivity index (χ0n) is 18.9. The van der Waals surface area contributed by atoms with Gasteiger partial charge in [-0.3, -0.25) is 4.98 Å². The van der Waals surface area contributed by atoms with Crippen LogP contribution in [0.25, 0.3) is 5.57 Å². The van der Waals surface area contributed by atoms with Crippen molar-refractivity contribution in [2.24, 2.45) is 28.6 Å². The molecule has 1 aromatic rings. The Balaban J connectivity index is 1.45. The summed E-state index contributed by atoms with van der Waals surface area (Å²) < 4.78 is 0. The number of aryl methyl sites for hydroxylation is 1. The van der Waals surface area contributed by atoms with Crippen LogP contribution in [-0.2, 0) is 6.42 Å². The second-order valence-corrected chi connectivity index (χ2v) is 10.8. The zero-order valence-corrected chi connectivity index (χ0v) is 18.9. The molecule has 1 aromatic heterocycles. The molecule has 2 fully saturated rings. The number of fused-ring (bicyclic) bond motifs is 5. The summed E-state index contributed by atoms with van der Waals surface area (Å²) in [6.45, 7) is 9.84. The maximum Gasteiger partial charge on any atom is 0.0343 e. The summed E-state index contributed by atoms with van der Waals surface area (Å²) in [6, 6.07) is 2.41. The standard InChI is InChI=1S/C27H38N2/c1-5-19-16-20(18-28-17-19)23-8-9-24-22-7-6-21-11-14-29(4)15-13-26(21,2)25(22)10-12-27(23,24)3/h8,11,16-18,22,24-25H,5-7,9-10,12-15H2,1-4H3. The summed E-state index contributed by atoms with van der Waals surface area (Å²) in [4.78, 5) is 7.10. The first kappa shape index (κ1) is 19.5. The lowest BCUT2D eigenvalue weighted by atomic mass is 9.47. The van der Waals surface area contributed by atoms with Crippen LogP contribution in [0.2, 0.25) is 0 Å². The molecule has 0 amide bonds. The van der Waals surface area contributed by atoms with E-state index in [0.29, 0.717) is 10.8 Å². The lowest BCUT2D eigenvalue weighted by Crippen LogP contribution is -2.49. The lowest BCUT2D eigenvalue weighted by Gasteiger charge is -2.57. The number of hydrogen-bond donors (Lipinski definition) is 0. The molecule has 5 rings (SSSR count). The summed E-state index contributed by atoms with van der Waals surface area (Å²) in [6.07, 6.45) is 18.5. The summed E-state index contributed by atoms with van der Waals surface area (Å²) in [5.41, 5.74) is 6.93. The van der Waals surface area contributed by atoms with E-state index in [4.69, 9.17) is 0 Å². The molecule has 29 heavy (non-hydrogen) atoms. The highest BCUT2D eigenvalue weighted by atomic mass is 15.1. The number of allylic oxidation sites excluding steroid dienone is 3. The first-order valence-corrected chi connectivity index (χ1v) is 12.0. The van der Waals surface area contributed by atoms with Crippen LogP contribution in [0.5, 0.6) is 0 Å². The van der Waals surface area contributed by atoms with Crippen LogP contribution >= 0.6 is 0 Å². The van der Waals surface area contributed by atoms with E-state index in [1.807, 2.05) is 6.20 Å². The SMILES string of the molecule is CCc1cncc(C2=CCC3C4CCC5=CCN(C)CCC5(C)C4CCC23C)c1. The number of nitrogens with zero attached hydrogens (tertiary/aromatic N) is 2. The second kappa shape index (κ2) is 7.08. The van der Waals surface area contributed by atoms with Crippen molar-refractivity contribution in [3.8, 4) is 0 Å². The summed E-state index contributed by atoms with van der Waals surface area (Å²) >= 11 is 0. The van der Waals surface area contributed by atoms with Gasteiger partial charge in [0, 0.05) is 18.9 Å². The fourth-order valence-electron chi connectivity index (χ4n) is 7.63. The molecule has 156 valence electrons. The predicted octanol–water partition coefficient (Wildman–Crippen LogP) is 6.14. The molecule has 2 heteroatoms. The number of hydrogen-bond acceptors (Lipinski definition) is 2. The van der Waals surface area contributed by atoms with Gasteiger partial charge in [0.25, 0.3) is 0 Å². The Morgan fingerprint density at radius 2 is 1.93 bits per heavy atom. The Hall–Kier alpha value is -1.41. The third-order valence-corrected chi connectivity index (χ3v) is 9.49. The topological polar surface area (TPSA) is 16.1 Å². The average molecular weight is 391 g/mol. The molecule has 0 bridgehead atoms. The molecule has 2 heterocycles. The Labute approximate surface area is 177 Å². The van der Waals surface area contributed by atoms with Gasteiger partial charge in [-0.2, -0.15) is 0 Å². The van der Waals surface area contributed by atoms with Gasteiger partial charge in [-0.25, -0.2) is 0 Å². The third-order valence-electron chi connectivity index (χ3n) is 9.49. The van der Waals surface area contributed by atoms with E-state index in [9.17, 15) is 0 Å². The van der Waals surface area contributed by atoms with Crippen LogP contribution in [0.15, 0.2) is 36.2 Å². The van der Waals surface area contributed by atoms with Crippen molar-refractivity contribution in [3.63, 3.8) is 0 Å². The lowest BCUT2D eigenvalue weighted by molar-refractivity contribution is -0.0194. The first-order valence-electron chi connectivity index (χ1n) is 12.0. The molecular weight excluding hydrogens is 352 g/mol. The van der Waals surface area contributed by atoms with Gasteiger partial charge in [-0.1, -0.05) is 38.5 Å². The van der Waals surface area contributed by atoms with Crippen LogP contribution in [0.1, 0.15) is 70.4 Å². The smallest absolute Gasteiger partial charge is 0.0343 e. The molecule has 0 radical (unpaired) electrons. The van der Waals surface area contributed by atoms with Crippen LogP contribution < -0.4 is 0 Å². The van der Waals surface area contributed by atoms with Crippen molar-refractivity contribution in [3.05, 3.63) is 47.3 Å². The number of rotatable bonds is 2. The minimum absolute atomic E-state index is 0.342. The largest absolute Gasteiger partial charge is 0.303 e. The molecule has 0 aromatic carbocycles. The first-order chi connectivity index (χ1) is 14.0. The molecule has 0 spiro atoms. The quantitative estimate of drug-likeness (QED) is 0.564. The van der Waals surface area contributed by atoms with Gasteiger partial charge in [0.2, 0.25) is 0 Å². The maximum atomic E-state index is 4.58. The Morgan fingerprint density at radius 3 is 2.76 bits per heavy atom. The van der Waals surface area contributed by atoms with E-state index in [1.54, 1.807) is 11.1 Å². The molecule has 3 aliphatic carbocycles. The van der Waals surface area contributed by atoms with Crippen LogP contribution in [0.3, 0.4) is 0 Å². The summed E-state index contributed by atoms with van der Waals surface area (Å²) in [5.74, 6) is 2.58. The number of likely N-dealkylation sites (N-methyl/N-ethyl adjacent to an activating group) is 1. The van der Waals surface area contributed by atoms with Gasteiger partial charge >= 0.3 is 0 Å². The van der Waals surface area contributed by atoms with Crippen LogP contribution in [-0.4, -0.2) is 30.0 Å². The maximum absolute atomic E-state index is 4.58. The predicted molar refractivity (Wildman–Crippen MR) is 122 cm³/mol. The molecule has 2 nitrogen and oxygen atoms in total. The van der Waals surface area contributed by atoms with Crippen molar-refractivity contribution in [1.29, 1.82) is 0 Å². The normalized spacial score (nSPS) is 39.7. The van der Waals surface area contributed by atoms with Gasteiger partial charge in [0.05, 0.1) is 0 Å². The second-order valence-electron chi connectivity index (χ2n) is 10.8. The third kappa shape index (κ3) is 2.97. The van der Waals surface area contributed by atoms with Crippen LogP contribution in [0, 0.1) is 28.6 Å². The highest BCUT2D eigenvalue weighted by Crippen LogP contribution is 2.66. The molecule has 5 unspecified atom stereocenters. The Morgan fingerprint density at radius 1 is 1.07 bits per heavy atom. The van der Waals surface area contributed by atoms with Gasteiger partial charge in [0.1, 0.15) is 0 Å². The number of aromatic nitrogens is 1. The summed E-state index contributed by atoms with van der Waals surface area (Å²) in [5, 5.41) is 0. The van der Waals surface area contributed by atoms with E-state index in [0.717, 1.165) is 30.7 Å². The van der Waals surface area contributed by atoms with E-state index < -0.39 is 0 Å². The van der Waals surface area contributed by atoms with Gasteiger partial charge in [0.15, 0.2) is 0 Å². The molecule has 4 aliphatic rings. The monoisotopic (exact) mass is 390 g/mol. The zero-order chi connectivity index (χ0) is 20.2. The molecular formula is C27H38N2. The fourth-order valence-corrected chi connectivity index (χ4v) is 7.63. The van der Waals surface area contributed by atoms with Gasteiger partial charge in [-0.15, -0.1) is 0 Å². The fraction of sp³-hybridized carbons (Fsp3) is 0.667. The molecule has 1 aliphatic heterocycles. The highest BCUT2D eigenvalue weighted by molar-refractivity contribution is 5.72. The van der Waals surface area contributed by atoms with Gasteiger partial charge in [-0.05, 0) is 110 Å². The van der Waals surface area contributed by atoms with E-state index in [1.165, 1.54) is 56.2 Å². The van der Waals surface area contributed by atoms with Crippen LogP contribution in [0.4, 0.5) is 0 Å². The van der Waals surface area contributed by atoms with E-state index >= 15 is 0 Å². The Kier molecular flexibility index (Phi) is 4.77. The van der Waals surface area contributed by atoms with Gasteiger partial charge < -0.3 is 4.90 Å². The average Bonchev–Trinajstić information content (AvgIpc) is 3.01. The molecule has 0 saturated heterocycles. The minimum atomic E-state index is 0.342. The van der Waals surface area contributed by atoms with Crippen molar-refractivity contribution < 1.29 is 0 Å². The van der Waals surface area contributed by atoms with E-state index in [2.05, 4.69) is 62.1 Å². The molecule has 0 N–H and O–H groups in total. The Bertz CT molecular complexity index is 852. The van der Waals surface area contributed by atoms with Crippen molar-refractivity contribution in [2.45, 2.75) is 65.7 Å². The molecule has 5 atom stereocenters. The van der Waals surface area contributed by atoms with Crippen molar-refractivity contribution >= 4 is 5.57 Å². The number of pyridine rings is 1. The highest BCUT2D eigenvalue weighted by Gasteiger charge is 2.56. The van der Waals surface area contributed by atoms with Crippen molar-refractivity contribution in [2.75, 3.05) is 20.1 Å².